The van der Waals surface area contributed by atoms with E-state index in [1.54, 1.807) is 0 Å². The van der Waals surface area contributed by atoms with Gasteiger partial charge in [0.25, 0.3) is 0 Å². The third kappa shape index (κ3) is 2.62. The van der Waals surface area contributed by atoms with Crippen molar-refractivity contribution in [3.63, 3.8) is 0 Å². The number of carbonyl (C=O) groups is 1. The molecule has 2 nitrogen and oxygen atoms in total. The van der Waals surface area contributed by atoms with E-state index in [2.05, 4.69) is 32.3 Å². The molecule has 0 N–H and O–H groups in total. The minimum Gasteiger partial charge on any atom is -0.338 e. The zero-order valence-corrected chi connectivity index (χ0v) is 13.5. The molecule has 19 heavy (non-hydrogen) atoms. The highest BCUT2D eigenvalue weighted by atomic mass is 79.9. The number of carbonyl (C=O) groups excluding carboxylic acids is 1. The van der Waals surface area contributed by atoms with Gasteiger partial charge >= 0.3 is 0 Å². The van der Waals surface area contributed by atoms with Crippen LogP contribution in [0.2, 0.25) is 0 Å². The van der Waals surface area contributed by atoms with E-state index in [0.717, 1.165) is 31.1 Å². The Morgan fingerprint density at radius 1 is 1.37 bits per heavy atom. The summed E-state index contributed by atoms with van der Waals surface area (Å²) in [6, 6.07) is 2.58. The summed E-state index contributed by atoms with van der Waals surface area (Å²) in [5, 5.41) is 3.07. The van der Waals surface area contributed by atoms with E-state index in [1.165, 1.54) is 29.7 Å². The molecule has 0 bridgehead atoms. The highest BCUT2D eigenvalue weighted by Crippen LogP contribution is 2.37. The van der Waals surface area contributed by atoms with Crippen molar-refractivity contribution >= 4 is 33.2 Å². The van der Waals surface area contributed by atoms with Gasteiger partial charge in [-0.2, -0.15) is 0 Å². The van der Waals surface area contributed by atoms with E-state index in [0.29, 0.717) is 11.9 Å². The van der Waals surface area contributed by atoms with Crippen molar-refractivity contribution in [2.24, 2.45) is 0 Å². The molecule has 104 valence electrons. The van der Waals surface area contributed by atoms with Gasteiger partial charge in [-0.25, -0.2) is 0 Å². The number of thiophene rings is 1. The van der Waals surface area contributed by atoms with Crippen LogP contribution in [-0.4, -0.2) is 28.7 Å². The zero-order valence-electron chi connectivity index (χ0n) is 11.1. The molecule has 2 atom stereocenters. The molecule has 1 saturated heterocycles. The third-order valence-corrected chi connectivity index (χ3v) is 6.18. The molecule has 2 heterocycles. The van der Waals surface area contributed by atoms with Gasteiger partial charge in [0.15, 0.2) is 0 Å². The summed E-state index contributed by atoms with van der Waals surface area (Å²) in [5.41, 5.74) is 1.32. The largest absolute Gasteiger partial charge is 0.338 e. The van der Waals surface area contributed by atoms with Gasteiger partial charge < -0.3 is 4.90 Å². The molecule has 1 fully saturated rings. The van der Waals surface area contributed by atoms with E-state index in [9.17, 15) is 4.79 Å². The average Bonchev–Trinajstić information content (AvgIpc) is 2.94. The number of nitrogens with zero attached hydrogens (tertiary/aromatic N) is 1. The lowest BCUT2D eigenvalue weighted by Crippen LogP contribution is -2.47. The Hall–Kier alpha value is -0.350. The van der Waals surface area contributed by atoms with Crippen LogP contribution in [0.25, 0.3) is 0 Å². The number of fused-ring (bicyclic) bond motifs is 1. The maximum Gasteiger partial charge on any atom is 0.230 e. The summed E-state index contributed by atoms with van der Waals surface area (Å²) < 4.78 is 0. The van der Waals surface area contributed by atoms with Crippen molar-refractivity contribution in [2.45, 2.75) is 50.5 Å². The fourth-order valence-corrected chi connectivity index (χ4v) is 5.05. The second kappa shape index (κ2) is 5.96. The average molecular weight is 342 g/mol. The highest BCUT2D eigenvalue weighted by molar-refractivity contribution is 9.09. The fourth-order valence-electron chi connectivity index (χ4n) is 3.39. The van der Waals surface area contributed by atoms with Crippen LogP contribution in [0.3, 0.4) is 0 Å². The molecule has 1 aromatic heterocycles. The number of hydrogen-bond donors (Lipinski definition) is 0. The van der Waals surface area contributed by atoms with Gasteiger partial charge in [-0.3, -0.25) is 4.79 Å². The van der Waals surface area contributed by atoms with Crippen molar-refractivity contribution in [3.05, 3.63) is 21.9 Å². The Bertz CT molecular complexity index is 459. The topological polar surface area (TPSA) is 20.3 Å². The number of likely N-dealkylation sites (tertiary alicyclic amines) is 1. The number of halogens is 1. The monoisotopic (exact) mass is 341 g/mol. The van der Waals surface area contributed by atoms with Crippen molar-refractivity contribution in [3.8, 4) is 0 Å². The van der Waals surface area contributed by atoms with Crippen LogP contribution in [0.1, 0.15) is 48.5 Å². The maximum atomic E-state index is 12.9. The van der Waals surface area contributed by atoms with Crippen LogP contribution in [0.5, 0.6) is 0 Å². The molecule has 0 aromatic carbocycles. The van der Waals surface area contributed by atoms with Gasteiger partial charge in [0, 0.05) is 22.8 Å². The van der Waals surface area contributed by atoms with E-state index < -0.39 is 0 Å². The second-order valence-corrected chi connectivity index (χ2v) is 7.23. The predicted octanol–water partition coefficient (Wildman–Crippen LogP) is 3.94. The lowest BCUT2D eigenvalue weighted by atomic mass is 9.86. The molecular formula is C15H20BrNOS. The normalized spacial score (nSPS) is 27.1. The second-order valence-electron chi connectivity index (χ2n) is 5.58. The number of piperidine rings is 1. The standard InChI is InChI=1S/C15H20BrNOS/c16-10-11-4-1-2-8-17(11)15(18)13-5-3-6-14-12(13)7-9-19-14/h7,9,11,13H,1-6,8,10H2. The van der Waals surface area contributed by atoms with Crippen LogP contribution in [0.15, 0.2) is 11.4 Å². The van der Waals surface area contributed by atoms with Gasteiger partial charge in [-0.15, -0.1) is 11.3 Å². The molecule has 1 aliphatic heterocycles. The molecular weight excluding hydrogens is 322 g/mol. The molecule has 0 saturated carbocycles. The van der Waals surface area contributed by atoms with E-state index in [4.69, 9.17) is 0 Å². The molecule has 4 heteroatoms. The Labute approximate surface area is 127 Å². The SMILES string of the molecule is O=C(C1CCCc2sccc21)N1CCCCC1CBr. The fraction of sp³-hybridized carbons (Fsp3) is 0.667. The summed E-state index contributed by atoms with van der Waals surface area (Å²) >= 11 is 5.40. The van der Waals surface area contributed by atoms with Crippen molar-refractivity contribution < 1.29 is 4.79 Å². The summed E-state index contributed by atoms with van der Waals surface area (Å²) in [4.78, 5) is 16.5. The molecule has 2 unspecified atom stereocenters. The van der Waals surface area contributed by atoms with Gasteiger partial charge in [-0.1, -0.05) is 15.9 Å². The van der Waals surface area contributed by atoms with Crippen molar-refractivity contribution in [1.29, 1.82) is 0 Å². The Morgan fingerprint density at radius 2 is 2.26 bits per heavy atom. The first-order chi connectivity index (χ1) is 9.31. The van der Waals surface area contributed by atoms with Crippen LogP contribution < -0.4 is 0 Å². The summed E-state index contributed by atoms with van der Waals surface area (Å²) in [7, 11) is 0. The Morgan fingerprint density at radius 3 is 3.11 bits per heavy atom. The first-order valence-electron chi connectivity index (χ1n) is 7.24. The zero-order chi connectivity index (χ0) is 13.2. The smallest absolute Gasteiger partial charge is 0.230 e. The van der Waals surface area contributed by atoms with Crippen molar-refractivity contribution in [1.82, 2.24) is 4.90 Å². The number of hydrogen-bond acceptors (Lipinski definition) is 2. The van der Waals surface area contributed by atoms with Crippen LogP contribution in [0, 0.1) is 0 Å². The Kier molecular flexibility index (Phi) is 4.27. The molecule has 1 aromatic rings. The first kappa shape index (κ1) is 13.6. The first-order valence-corrected chi connectivity index (χ1v) is 9.24. The minimum absolute atomic E-state index is 0.134. The maximum absolute atomic E-state index is 12.9. The van der Waals surface area contributed by atoms with E-state index >= 15 is 0 Å². The van der Waals surface area contributed by atoms with Crippen molar-refractivity contribution in [2.75, 3.05) is 11.9 Å². The van der Waals surface area contributed by atoms with Gasteiger partial charge in [0.05, 0.1) is 5.92 Å². The van der Waals surface area contributed by atoms with Gasteiger partial charge in [-0.05, 0) is 55.5 Å². The summed E-state index contributed by atoms with van der Waals surface area (Å²) in [6.45, 7) is 0.949. The summed E-state index contributed by atoms with van der Waals surface area (Å²) in [5.74, 6) is 0.512. The molecule has 0 spiro atoms. The van der Waals surface area contributed by atoms with Crippen LogP contribution in [-0.2, 0) is 11.2 Å². The minimum atomic E-state index is 0.134. The quantitative estimate of drug-likeness (QED) is 0.746. The molecule has 1 amide bonds. The third-order valence-electron chi connectivity index (χ3n) is 4.44. The van der Waals surface area contributed by atoms with E-state index in [1.807, 2.05) is 11.3 Å². The number of alkyl halides is 1. The Balaban J connectivity index is 1.81. The highest BCUT2D eigenvalue weighted by Gasteiger charge is 2.34. The molecule has 3 rings (SSSR count). The number of amides is 1. The van der Waals surface area contributed by atoms with Crippen LogP contribution >= 0.6 is 27.3 Å². The lowest BCUT2D eigenvalue weighted by Gasteiger charge is -2.38. The van der Waals surface area contributed by atoms with Crippen LogP contribution in [0.4, 0.5) is 0 Å². The summed E-state index contributed by atoms with van der Waals surface area (Å²) in [6.07, 6.45) is 6.94. The molecule has 1 aliphatic carbocycles. The lowest BCUT2D eigenvalue weighted by molar-refractivity contribution is -0.136. The molecule has 0 radical (unpaired) electrons. The molecule has 2 aliphatic rings. The van der Waals surface area contributed by atoms with Gasteiger partial charge in [0.1, 0.15) is 0 Å². The number of aryl methyl sites for hydroxylation is 1. The number of rotatable bonds is 2. The predicted molar refractivity (Wildman–Crippen MR) is 83.1 cm³/mol. The van der Waals surface area contributed by atoms with E-state index in [-0.39, 0.29) is 5.92 Å². The van der Waals surface area contributed by atoms with Gasteiger partial charge in [0.2, 0.25) is 5.91 Å².